The van der Waals surface area contributed by atoms with Crippen molar-refractivity contribution in [2.45, 2.75) is 51.6 Å². The lowest BCUT2D eigenvalue weighted by Crippen LogP contribution is -2.81. The molecule has 0 aliphatic carbocycles. The Hall–Kier alpha value is -9.34. The summed E-state index contributed by atoms with van der Waals surface area (Å²) in [5.41, 5.74) is 49.2. The molecule has 7 rings (SSSR count). The van der Waals surface area contributed by atoms with E-state index in [1.54, 1.807) is 54.2 Å². The maximum atomic E-state index is 13.8. The number of hydrogen-bond acceptors (Lipinski definition) is 9. The quantitative estimate of drug-likeness (QED) is 0.0813. The van der Waals surface area contributed by atoms with Crippen LogP contribution in [0.15, 0.2) is 195 Å². The Morgan fingerprint density at radius 3 is 1.42 bits per heavy atom. The van der Waals surface area contributed by atoms with E-state index in [0.29, 0.717) is 99.1 Å². The molecular weight excluding hydrogens is 1230 g/mol. The van der Waals surface area contributed by atoms with E-state index in [1.807, 2.05) is 10.6 Å². The molecule has 0 unspecified atom stereocenters. The summed E-state index contributed by atoms with van der Waals surface area (Å²) >= 11 is 0. The monoisotopic (exact) mass is 1280 g/mol. The van der Waals surface area contributed by atoms with Crippen LogP contribution in [0.5, 0.6) is 0 Å². The van der Waals surface area contributed by atoms with Gasteiger partial charge >= 0.3 is 12.2 Å². The molecule has 0 atom stereocenters. The summed E-state index contributed by atoms with van der Waals surface area (Å²) < 4.78 is 65.7. The van der Waals surface area contributed by atoms with Crippen LogP contribution in [0, 0.1) is 23.3 Å². The van der Waals surface area contributed by atoms with Crippen molar-refractivity contribution < 1.29 is 41.4 Å². The summed E-state index contributed by atoms with van der Waals surface area (Å²) in [6.07, 6.45) is -1.35. The minimum absolute atomic E-state index is 0.00134. The van der Waals surface area contributed by atoms with E-state index in [9.17, 15) is 31.9 Å². The predicted octanol–water partition coefficient (Wildman–Crippen LogP) is 3.57. The fourth-order valence-electron chi connectivity index (χ4n) is 10.1. The summed E-state index contributed by atoms with van der Waals surface area (Å²) in [6.45, 7) is 13.0. The molecule has 2 aliphatic heterocycles. The van der Waals surface area contributed by atoms with Gasteiger partial charge in [-0.15, -0.1) is 0 Å². The molecule has 5 heterocycles. The highest BCUT2D eigenvalue weighted by atomic mass is 19.2. The highest BCUT2D eigenvalue weighted by Crippen LogP contribution is 2.33. The SMILES string of the molecule is C=C=C=C=C=C=C=C=C=C=C=C=C=C=C=C=C=C=C=C=C.CCOC(=O)N1CCC(Nc2ncccc2NC(=O)c2ccc(F)c(F)c2)CC1.CCOC(=O)N1CCC(n2c(-c3ccc(F)c(F)c3)nc3cccnc32)CC1.[B][B]B(B([B])[B])B(B(B([B])[B])B([B])[B])B(B([B])[B])B([B])[B]. The van der Waals surface area contributed by atoms with Gasteiger partial charge in [-0.3, -0.25) is 4.79 Å². The van der Waals surface area contributed by atoms with E-state index in [0.717, 1.165) is 24.3 Å². The van der Waals surface area contributed by atoms with Crippen LogP contribution in [-0.2, 0) is 9.47 Å². The largest absolute Gasteiger partial charge is 0.450 e. The molecule has 2 N–H and O–H groups in total. The van der Waals surface area contributed by atoms with Gasteiger partial charge in [0.05, 0.1) is 18.9 Å². The second-order valence-electron chi connectivity index (χ2n) is 21.2. The molecular formula is C61H46B21F4N8O5. The minimum atomic E-state index is -1.09. The number of imidazole rings is 1. The molecule has 2 fully saturated rings. The fraction of sp³-hybridized carbons (Fsp3) is 0.230. The number of carbonyl (C=O) groups is 3. The summed E-state index contributed by atoms with van der Waals surface area (Å²) in [5.74, 6) is -3.47. The van der Waals surface area contributed by atoms with Gasteiger partial charge in [0.1, 0.15) is 17.2 Å². The van der Waals surface area contributed by atoms with Crippen LogP contribution in [0.1, 0.15) is 55.9 Å². The Kier molecular flexibility index (Phi) is 36.9. The molecule has 0 saturated carbocycles. The Morgan fingerprint density at radius 1 is 0.566 bits per heavy atom. The lowest BCUT2D eigenvalue weighted by molar-refractivity contribution is 0.0929. The number of anilines is 2. The van der Waals surface area contributed by atoms with Crippen LogP contribution in [0.3, 0.4) is 0 Å². The van der Waals surface area contributed by atoms with Crippen LogP contribution in [0.2, 0.25) is 0 Å². The molecule has 99 heavy (non-hydrogen) atoms. The van der Waals surface area contributed by atoms with Crippen molar-refractivity contribution in [1.82, 2.24) is 29.3 Å². The molecule has 0 spiro atoms. The number of piperidine rings is 2. The maximum absolute atomic E-state index is 13.8. The number of aromatic nitrogens is 4. The third kappa shape index (κ3) is 27.1. The predicted molar refractivity (Wildman–Crippen MR) is 402 cm³/mol. The second kappa shape index (κ2) is 44.6. The van der Waals surface area contributed by atoms with Crippen molar-refractivity contribution in [3.63, 3.8) is 0 Å². The van der Waals surface area contributed by atoms with Crippen molar-refractivity contribution >= 4 is 190 Å². The van der Waals surface area contributed by atoms with E-state index in [2.05, 4.69) is 148 Å². The van der Waals surface area contributed by atoms with Gasteiger partial charge in [0.15, 0.2) is 28.9 Å². The first-order valence-corrected chi connectivity index (χ1v) is 30.5. The third-order valence-corrected chi connectivity index (χ3v) is 14.5. The summed E-state index contributed by atoms with van der Waals surface area (Å²) in [4.78, 5) is 52.8. The molecule has 451 valence electrons. The van der Waals surface area contributed by atoms with Crippen molar-refractivity contribution in [1.29, 1.82) is 0 Å². The first-order chi connectivity index (χ1) is 47.5. The number of ether oxygens (including phenoxy) is 2. The van der Waals surface area contributed by atoms with Gasteiger partial charge in [-0.2, -0.15) is 0 Å². The van der Waals surface area contributed by atoms with E-state index in [1.165, 1.54) is 19.2 Å². The summed E-state index contributed by atoms with van der Waals surface area (Å²) in [5, 5.41) is 5.95. The van der Waals surface area contributed by atoms with Crippen molar-refractivity contribution in [3.05, 3.63) is 224 Å². The summed E-state index contributed by atoms with van der Waals surface area (Å²) in [7, 11) is 64.8. The number of likely N-dealkylation sites (tertiary alicyclic amines) is 2. The minimum Gasteiger partial charge on any atom is -0.450 e. The van der Waals surface area contributed by atoms with Crippen molar-refractivity contribution in [2.75, 3.05) is 50.0 Å². The van der Waals surface area contributed by atoms with Gasteiger partial charge in [0.25, 0.3) is 5.91 Å². The number of carbonyl (C=O) groups excluding carboxylic acids is 3. The Bertz CT molecular complexity index is 4280. The third-order valence-electron chi connectivity index (χ3n) is 14.5. The average molecular weight is 1270 g/mol. The number of benzene rings is 2. The zero-order valence-electron chi connectivity index (χ0n) is 54.4. The van der Waals surface area contributed by atoms with Crippen LogP contribution >= 0.6 is 0 Å². The smallest absolute Gasteiger partial charge is 0.409 e. The number of pyridine rings is 2. The maximum Gasteiger partial charge on any atom is 0.409 e. The number of hydrogen-bond donors (Lipinski definition) is 2. The number of nitrogens with zero attached hydrogens (tertiary/aromatic N) is 6. The first-order valence-electron chi connectivity index (χ1n) is 30.5. The first kappa shape index (κ1) is 82.1. The fourth-order valence-corrected chi connectivity index (χ4v) is 10.1. The molecule has 3 aromatic heterocycles. The van der Waals surface area contributed by atoms with Gasteiger partial charge in [0, 0.05) is 217 Å². The molecule has 2 aromatic carbocycles. The Balaban J connectivity index is 0.000000284. The van der Waals surface area contributed by atoms with Gasteiger partial charge in [-0.1, -0.05) is 11.5 Å². The van der Waals surface area contributed by atoms with Gasteiger partial charge in [-0.05, 0) is 205 Å². The van der Waals surface area contributed by atoms with Crippen LogP contribution < -0.4 is 10.6 Å². The number of fused-ring (bicyclic) bond motifs is 1. The lowest BCUT2D eigenvalue weighted by Gasteiger charge is -2.43. The molecule has 3 amide bonds. The highest BCUT2D eigenvalue weighted by molar-refractivity contribution is 8.20. The van der Waals surface area contributed by atoms with Crippen molar-refractivity contribution in [2.24, 2.45) is 0 Å². The van der Waals surface area contributed by atoms with Crippen molar-refractivity contribution in [3.8, 4) is 11.4 Å². The number of rotatable bonds is 17. The second-order valence-corrected chi connectivity index (χ2v) is 21.2. The molecule has 5 aromatic rings. The number of nitrogens with one attached hydrogen (secondary N) is 2. The molecule has 0 bridgehead atoms. The Morgan fingerprint density at radius 2 is 1.00 bits per heavy atom. The van der Waals surface area contributed by atoms with Gasteiger partial charge < -0.3 is 34.5 Å². The van der Waals surface area contributed by atoms with E-state index < -0.39 is 86.6 Å². The molecule has 13 nitrogen and oxygen atoms in total. The van der Waals surface area contributed by atoms with Crippen LogP contribution in [-0.4, -0.2) is 242 Å². The normalized spacial score (nSPS) is 11.3. The molecule has 2 saturated heterocycles. The van der Waals surface area contributed by atoms with Gasteiger partial charge in [-0.25, -0.2) is 42.1 Å². The molecule has 38 heteroatoms. The zero-order chi connectivity index (χ0) is 72.8. The average Bonchev–Trinajstić information content (AvgIpc) is 1.63. The number of halogens is 4. The van der Waals surface area contributed by atoms with E-state index in [4.69, 9.17) is 94.6 Å². The topological polar surface area (TPSA) is 144 Å². The van der Waals surface area contributed by atoms with Gasteiger partial charge in [0.2, 0.25) is 0 Å². The molecule has 23 radical (unpaired) electrons. The highest BCUT2D eigenvalue weighted by Gasteiger charge is 2.45. The van der Waals surface area contributed by atoms with Crippen LogP contribution in [0.25, 0.3) is 22.6 Å². The Labute approximate surface area is 594 Å². The lowest BCUT2D eigenvalue weighted by atomic mass is 8.38. The van der Waals surface area contributed by atoms with Crippen LogP contribution in [0.4, 0.5) is 38.7 Å². The van der Waals surface area contributed by atoms with E-state index in [-0.39, 0.29) is 29.8 Å². The summed E-state index contributed by atoms with van der Waals surface area (Å²) in [6, 6.07) is 13.8. The number of amides is 3. The molecule has 2 aliphatic rings. The standard InChI is InChI=1S/C21H4.C20H22F2N4O3.C20H20F2N4O2.B21/c1-3-5-7-9-11-13-15-17-19-21-20-18-16-14-12-10-8-6-4-2;1-2-29-20(28)26-10-7-14(8-11-26)24-18-17(4-3-9-23-18)25-19(27)13-5-6-15(21)16(22)12-13;1-2-28-20(27)25-10-7-14(8-11-25)26-18(13-5-6-15(21)16(22)12-13)24-17-4-3-9-23-19(17)26;1-12-18(13(2)3)21(19(14(4)5)15(6)7)20(16(8)9)17(10)11/h1-2H2;3-6,9,12,14H,2,7-8,10-11H2,1H3,(H,23,24)(H,25,27);3-6,9,12,14H,2,7-8,10-11H2,1H3;. The van der Waals surface area contributed by atoms with E-state index >= 15 is 0 Å². The zero-order valence-corrected chi connectivity index (χ0v) is 54.4.